The van der Waals surface area contributed by atoms with E-state index in [1.165, 1.54) is 14.2 Å². The van der Waals surface area contributed by atoms with Crippen molar-refractivity contribution in [2.24, 2.45) is 0 Å². The lowest BCUT2D eigenvalue weighted by Crippen LogP contribution is -2.33. The van der Waals surface area contributed by atoms with Gasteiger partial charge in [-0.2, -0.15) is 9.97 Å². The van der Waals surface area contributed by atoms with Gasteiger partial charge >= 0.3 is 12.0 Å². The smallest absolute Gasteiger partial charge is 0.322 e. The fraction of sp³-hybridized carbons (Fsp3) is 0.769. The number of ether oxygens (including phenoxy) is 2. The summed E-state index contributed by atoms with van der Waals surface area (Å²) in [6.45, 7) is 7.40. The molecule has 1 N–H and O–H groups in total. The van der Waals surface area contributed by atoms with E-state index in [1.54, 1.807) is 0 Å². The Morgan fingerprint density at radius 1 is 1.05 bits per heavy atom. The monoisotopic (exact) mass is 268 g/mol. The van der Waals surface area contributed by atoms with Gasteiger partial charge in [-0.25, -0.2) is 0 Å². The molecule has 6 heteroatoms. The van der Waals surface area contributed by atoms with Gasteiger partial charge in [0.15, 0.2) is 0 Å². The van der Waals surface area contributed by atoms with Gasteiger partial charge in [0.05, 0.1) is 14.2 Å². The fourth-order valence-corrected chi connectivity index (χ4v) is 1.98. The Hall–Kier alpha value is -1.43. The summed E-state index contributed by atoms with van der Waals surface area (Å²) in [6, 6.07) is 0.882. The Balaban J connectivity index is 2.96. The van der Waals surface area contributed by atoms with Crippen LogP contribution in [0.15, 0.2) is 0 Å². The highest BCUT2D eigenvalue weighted by molar-refractivity contribution is 5.10. The Morgan fingerprint density at radius 2 is 1.63 bits per heavy atom. The SMILES string of the molecule is CCCNC(C)C(CC)c1nc(OC)nc(OC)n1. The van der Waals surface area contributed by atoms with Gasteiger partial charge in [0.25, 0.3) is 0 Å². The molecule has 1 aromatic rings. The molecular formula is C13H24N4O2. The molecule has 0 saturated carbocycles. The molecule has 0 saturated heterocycles. The second-order valence-corrected chi connectivity index (χ2v) is 4.42. The summed E-state index contributed by atoms with van der Waals surface area (Å²) in [5, 5.41) is 3.47. The molecule has 0 bridgehead atoms. The summed E-state index contributed by atoms with van der Waals surface area (Å²) in [5.74, 6) is 0.916. The molecule has 6 nitrogen and oxygen atoms in total. The third-order valence-corrected chi connectivity index (χ3v) is 3.07. The van der Waals surface area contributed by atoms with Crippen LogP contribution in [0.1, 0.15) is 45.4 Å². The van der Waals surface area contributed by atoms with Crippen molar-refractivity contribution in [2.45, 2.75) is 45.6 Å². The van der Waals surface area contributed by atoms with E-state index in [0.717, 1.165) is 19.4 Å². The summed E-state index contributed by atoms with van der Waals surface area (Å²) in [5.41, 5.74) is 0. The summed E-state index contributed by atoms with van der Waals surface area (Å²) < 4.78 is 10.2. The maximum Gasteiger partial charge on any atom is 0.322 e. The topological polar surface area (TPSA) is 69.2 Å². The molecule has 0 spiro atoms. The highest BCUT2D eigenvalue weighted by atomic mass is 16.5. The minimum absolute atomic E-state index is 0.206. The molecule has 0 fully saturated rings. The maximum absolute atomic E-state index is 5.09. The van der Waals surface area contributed by atoms with Crippen LogP contribution < -0.4 is 14.8 Å². The van der Waals surface area contributed by atoms with Crippen LogP contribution in [-0.2, 0) is 0 Å². The zero-order chi connectivity index (χ0) is 14.3. The van der Waals surface area contributed by atoms with Gasteiger partial charge in [0.1, 0.15) is 5.82 Å². The number of hydrogen-bond donors (Lipinski definition) is 1. The Morgan fingerprint density at radius 3 is 2.05 bits per heavy atom. The Kier molecular flexibility index (Phi) is 6.49. The van der Waals surface area contributed by atoms with Crippen molar-refractivity contribution >= 4 is 0 Å². The van der Waals surface area contributed by atoms with Crippen LogP contribution in [0.25, 0.3) is 0 Å². The van der Waals surface area contributed by atoms with Gasteiger partial charge in [0.2, 0.25) is 0 Å². The van der Waals surface area contributed by atoms with Crippen LogP contribution in [0.2, 0.25) is 0 Å². The summed E-state index contributed by atoms with van der Waals surface area (Å²) >= 11 is 0. The predicted octanol–water partition coefficient (Wildman–Crippen LogP) is 1.77. The number of rotatable bonds is 8. The van der Waals surface area contributed by atoms with E-state index in [2.05, 4.69) is 41.0 Å². The first kappa shape index (κ1) is 15.6. The van der Waals surface area contributed by atoms with Crippen LogP contribution >= 0.6 is 0 Å². The molecule has 1 rings (SSSR count). The van der Waals surface area contributed by atoms with Crippen LogP contribution in [0.4, 0.5) is 0 Å². The molecule has 0 aliphatic heterocycles. The van der Waals surface area contributed by atoms with E-state index >= 15 is 0 Å². The van der Waals surface area contributed by atoms with E-state index in [-0.39, 0.29) is 5.92 Å². The lowest BCUT2D eigenvalue weighted by atomic mass is 9.97. The highest BCUT2D eigenvalue weighted by Crippen LogP contribution is 2.23. The van der Waals surface area contributed by atoms with Crippen molar-refractivity contribution < 1.29 is 9.47 Å². The lowest BCUT2D eigenvalue weighted by molar-refractivity contribution is 0.328. The van der Waals surface area contributed by atoms with Crippen molar-refractivity contribution in [1.82, 2.24) is 20.3 Å². The van der Waals surface area contributed by atoms with E-state index in [4.69, 9.17) is 9.47 Å². The third kappa shape index (κ3) is 4.31. The number of aromatic nitrogens is 3. The average molecular weight is 268 g/mol. The fourth-order valence-electron chi connectivity index (χ4n) is 1.98. The average Bonchev–Trinajstić information content (AvgIpc) is 2.45. The zero-order valence-electron chi connectivity index (χ0n) is 12.4. The predicted molar refractivity (Wildman–Crippen MR) is 73.7 cm³/mol. The van der Waals surface area contributed by atoms with Crippen LogP contribution in [0.5, 0.6) is 12.0 Å². The first-order valence-corrected chi connectivity index (χ1v) is 6.73. The second kappa shape index (κ2) is 7.89. The number of methoxy groups -OCH3 is 2. The van der Waals surface area contributed by atoms with Crippen LogP contribution in [-0.4, -0.2) is 41.8 Å². The first-order chi connectivity index (χ1) is 9.15. The zero-order valence-corrected chi connectivity index (χ0v) is 12.4. The molecule has 0 amide bonds. The molecule has 0 radical (unpaired) electrons. The van der Waals surface area contributed by atoms with Gasteiger partial charge in [-0.1, -0.05) is 13.8 Å². The molecule has 2 atom stereocenters. The third-order valence-electron chi connectivity index (χ3n) is 3.07. The van der Waals surface area contributed by atoms with Gasteiger partial charge in [-0.05, 0) is 26.3 Å². The highest BCUT2D eigenvalue weighted by Gasteiger charge is 2.22. The van der Waals surface area contributed by atoms with Gasteiger partial charge in [0, 0.05) is 12.0 Å². The quantitative estimate of drug-likeness (QED) is 0.775. The normalized spacial score (nSPS) is 13.9. The molecular weight excluding hydrogens is 244 g/mol. The summed E-state index contributed by atoms with van der Waals surface area (Å²) in [7, 11) is 3.08. The molecule has 2 unspecified atom stereocenters. The molecule has 108 valence electrons. The number of hydrogen-bond acceptors (Lipinski definition) is 6. The van der Waals surface area contributed by atoms with Gasteiger partial charge in [-0.15, -0.1) is 4.98 Å². The van der Waals surface area contributed by atoms with E-state index < -0.39 is 0 Å². The molecule has 1 aromatic heterocycles. The Labute approximate surface area is 115 Å². The number of nitrogens with one attached hydrogen (secondary N) is 1. The van der Waals surface area contributed by atoms with Gasteiger partial charge in [-0.3, -0.25) is 0 Å². The molecule has 0 aliphatic rings. The molecule has 0 aromatic carbocycles. The Bertz CT molecular complexity index is 365. The minimum atomic E-state index is 0.206. The van der Waals surface area contributed by atoms with Crippen molar-refractivity contribution in [3.05, 3.63) is 5.82 Å². The van der Waals surface area contributed by atoms with Crippen LogP contribution in [0, 0.1) is 0 Å². The summed E-state index contributed by atoms with van der Waals surface area (Å²) in [6.07, 6.45) is 2.04. The summed E-state index contributed by atoms with van der Waals surface area (Å²) in [4.78, 5) is 12.7. The minimum Gasteiger partial charge on any atom is -0.467 e. The first-order valence-electron chi connectivity index (χ1n) is 6.73. The standard InChI is InChI=1S/C13H24N4O2/c1-6-8-14-9(3)10(7-2)11-15-12(18-4)17-13(16-11)19-5/h9-10,14H,6-8H2,1-5H3. The van der Waals surface area contributed by atoms with E-state index in [9.17, 15) is 0 Å². The maximum atomic E-state index is 5.09. The van der Waals surface area contributed by atoms with Gasteiger partial charge < -0.3 is 14.8 Å². The van der Waals surface area contributed by atoms with Crippen molar-refractivity contribution in [3.63, 3.8) is 0 Å². The van der Waals surface area contributed by atoms with E-state index in [0.29, 0.717) is 23.9 Å². The van der Waals surface area contributed by atoms with Crippen LogP contribution in [0.3, 0.4) is 0 Å². The number of nitrogens with zero attached hydrogens (tertiary/aromatic N) is 3. The van der Waals surface area contributed by atoms with Crippen molar-refractivity contribution in [1.29, 1.82) is 0 Å². The molecule has 0 aliphatic carbocycles. The van der Waals surface area contributed by atoms with E-state index in [1.807, 2.05) is 0 Å². The lowest BCUT2D eigenvalue weighted by Gasteiger charge is -2.22. The largest absolute Gasteiger partial charge is 0.467 e. The van der Waals surface area contributed by atoms with Crippen molar-refractivity contribution in [3.8, 4) is 12.0 Å². The second-order valence-electron chi connectivity index (χ2n) is 4.42. The molecule has 19 heavy (non-hydrogen) atoms. The van der Waals surface area contributed by atoms with Crippen molar-refractivity contribution in [2.75, 3.05) is 20.8 Å². The molecule has 1 heterocycles.